The van der Waals surface area contributed by atoms with Crippen LogP contribution in [0.3, 0.4) is 0 Å². The zero-order valence-electron chi connectivity index (χ0n) is 5.95. The average Bonchev–Trinajstić information content (AvgIpc) is 1.41. The Bertz CT molecular complexity index is 41.0. The number of halogens is 1. The van der Waals surface area contributed by atoms with Crippen LogP contribution < -0.4 is 0 Å². The number of hydrogen-bond donors (Lipinski definition) is 0. The average molecular weight is 161 g/mol. The molecule has 0 aliphatic carbocycles. The molecule has 0 bridgehead atoms. The molecule has 0 aliphatic heterocycles. The summed E-state index contributed by atoms with van der Waals surface area (Å²) in [5, 5.41) is 0. The van der Waals surface area contributed by atoms with Gasteiger partial charge < -0.3 is 2.85 Å². The Hall–Kier alpha value is 0.986. The first-order valence-corrected chi connectivity index (χ1v) is 2.58. The maximum Gasteiger partial charge on any atom is 2.00 e. The van der Waals surface area contributed by atoms with Gasteiger partial charge in [0.15, 0.2) is 0 Å². The summed E-state index contributed by atoms with van der Waals surface area (Å²) in [5.41, 5.74) is 0. The van der Waals surface area contributed by atoms with E-state index in [2.05, 4.69) is 22.9 Å². The number of allylic oxidation sites excluding steroid dienone is 1. The van der Waals surface area contributed by atoms with Gasteiger partial charge in [0.05, 0.1) is 0 Å². The van der Waals surface area contributed by atoms with Crippen molar-refractivity contribution < 1.29 is 2.85 Å². The smallest absolute Gasteiger partial charge is 1.00 e. The van der Waals surface area contributed by atoms with Crippen LogP contribution in [-0.4, -0.2) is 23.1 Å². The van der Waals surface area contributed by atoms with E-state index >= 15 is 0 Å². The van der Waals surface area contributed by atoms with Crippen LogP contribution in [0.15, 0.2) is 11.1 Å². The van der Waals surface area contributed by atoms with Crippen LogP contribution >= 0.6 is 15.9 Å². The molecule has 0 atom stereocenters. The largest absolute Gasteiger partial charge is 2.00 e. The van der Waals surface area contributed by atoms with E-state index in [0.29, 0.717) is 0 Å². The molecule has 0 aromatic heterocycles. The molecule has 0 fully saturated rings. The van der Waals surface area contributed by atoms with Gasteiger partial charge in [0.25, 0.3) is 0 Å². The van der Waals surface area contributed by atoms with E-state index in [1.165, 1.54) is 0 Å². The predicted octanol–water partition coefficient (Wildman–Crippen LogP) is 2.15. The third-order valence-electron chi connectivity index (χ3n) is 0.325. The molecule has 2 heteroatoms. The Balaban J connectivity index is -0.0000000267. The molecule has 34 valence electrons. The van der Waals surface area contributed by atoms with Gasteiger partial charge >= 0.3 is 23.1 Å². The standard InChI is InChI=1S/C4H7Br.Mg.2H/c1-2-3-4-5;;;/h3-4H,2H2,1H3;;;/q;+2;2*-1/b4-3+;;;. The summed E-state index contributed by atoms with van der Waals surface area (Å²) in [5.74, 6) is 0. The maximum absolute atomic E-state index is 3.13. The summed E-state index contributed by atoms with van der Waals surface area (Å²) >= 11 is 3.13. The fourth-order valence-corrected chi connectivity index (χ4v) is 0.463. The van der Waals surface area contributed by atoms with E-state index < -0.39 is 0 Å². The van der Waals surface area contributed by atoms with Crippen LogP contribution in [0.2, 0.25) is 0 Å². The van der Waals surface area contributed by atoms with Gasteiger partial charge in [-0.1, -0.05) is 28.9 Å². The van der Waals surface area contributed by atoms with Crippen molar-refractivity contribution >= 4 is 39.0 Å². The second kappa shape index (κ2) is 9.37. The van der Waals surface area contributed by atoms with Crippen LogP contribution in [-0.2, 0) is 0 Å². The van der Waals surface area contributed by atoms with Gasteiger partial charge in [0.1, 0.15) is 0 Å². The van der Waals surface area contributed by atoms with Crippen molar-refractivity contribution in [1.29, 1.82) is 0 Å². The molecule has 0 nitrogen and oxygen atoms in total. The van der Waals surface area contributed by atoms with Gasteiger partial charge in [-0.25, -0.2) is 0 Å². The van der Waals surface area contributed by atoms with Crippen molar-refractivity contribution in [1.82, 2.24) is 0 Å². The Morgan fingerprint density at radius 1 is 1.83 bits per heavy atom. The molecular formula is C4H9BrMg. The number of rotatable bonds is 1. The first-order chi connectivity index (χ1) is 2.41. The van der Waals surface area contributed by atoms with Crippen molar-refractivity contribution in [3.63, 3.8) is 0 Å². The fourth-order valence-electron chi connectivity index (χ4n) is 0.0891. The molecule has 0 saturated heterocycles. The van der Waals surface area contributed by atoms with Crippen molar-refractivity contribution in [3.8, 4) is 0 Å². The SMILES string of the molecule is CC/C=C/Br.[H-].[H-].[Mg+2]. The predicted molar refractivity (Wildman–Crippen MR) is 36.3 cm³/mol. The second-order valence-corrected chi connectivity index (χ2v) is 1.30. The van der Waals surface area contributed by atoms with Crippen LogP contribution in [0, 0.1) is 0 Å². The summed E-state index contributed by atoms with van der Waals surface area (Å²) in [4.78, 5) is 1.87. The van der Waals surface area contributed by atoms with Crippen LogP contribution in [0.4, 0.5) is 0 Å². The summed E-state index contributed by atoms with van der Waals surface area (Å²) < 4.78 is 0. The van der Waals surface area contributed by atoms with Crippen molar-refractivity contribution in [2.45, 2.75) is 13.3 Å². The molecule has 0 spiro atoms. The Morgan fingerprint density at radius 2 is 2.33 bits per heavy atom. The van der Waals surface area contributed by atoms with E-state index in [9.17, 15) is 0 Å². The summed E-state index contributed by atoms with van der Waals surface area (Å²) in [7, 11) is 0. The van der Waals surface area contributed by atoms with Crippen molar-refractivity contribution in [2.75, 3.05) is 0 Å². The summed E-state index contributed by atoms with van der Waals surface area (Å²) in [6, 6.07) is 0. The molecule has 0 aliphatic rings. The van der Waals surface area contributed by atoms with Crippen LogP contribution in [0.5, 0.6) is 0 Å². The monoisotopic (exact) mass is 160 g/mol. The molecule has 0 aromatic carbocycles. The quantitative estimate of drug-likeness (QED) is 0.517. The van der Waals surface area contributed by atoms with Crippen LogP contribution in [0.1, 0.15) is 16.2 Å². The van der Waals surface area contributed by atoms with E-state index in [4.69, 9.17) is 0 Å². The van der Waals surface area contributed by atoms with Crippen LogP contribution in [0.25, 0.3) is 0 Å². The van der Waals surface area contributed by atoms with Gasteiger partial charge in [0.2, 0.25) is 0 Å². The second-order valence-electron chi connectivity index (χ2n) is 0.770. The van der Waals surface area contributed by atoms with E-state index in [-0.39, 0.29) is 25.9 Å². The third kappa shape index (κ3) is 8.88. The molecular weight excluding hydrogens is 152 g/mol. The molecule has 0 rings (SSSR count). The molecule has 0 amide bonds. The first-order valence-electron chi connectivity index (χ1n) is 1.67. The Morgan fingerprint density at radius 3 is 2.33 bits per heavy atom. The van der Waals surface area contributed by atoms with E-state index in [0.717, 1.165) is 6.42 Å². The van der Waals surface area contributed by atoms with Gasteiger partial charge in [-0.15, -0.1) is 0 Å². The number of hydrogen-bond acceptors (Lipinski definition) is 0. The van der Waals surface area contributed by atoms with E-state index in [1.807, 2.05) is 11.1 Å². The first kappa shape index (κ1) is 10.1. The molecule has 6 heavy (non-hydrogen) atoms. The molecule has 0 saturated carbocycles. The molecule has 0 aromatic rings. The molecule has 0 N–H and O–H groups in total. The van der Waals surface area contributed by atoms with Gasteiger partial charge in [0, 0.05) is 0 Å². The topological polar surface area (TPSA) is 0 Å². The minimum absolute atomic E-state index is 0. The fraction of sp³-hybridized carbons (Fsp3) is 0.500. The molecule has 0 heterocycles. The van der Waals surface area contributed by atoms with Crippen molar-refractivity contribution in [3.05, 3.63) is 11.1 Å². The Labute approximate surface area is 66.3 Å². The summed E-state index contributed by atoms with van der Waals surface area (Å²) in [6.07, 6.45) is 3.16. The molecule has 0 radical (unpaired) electrons. The summed E-state index contributed by atoms with van der Waals surface area (Å²) in [6.45, 7) is 2.10. The third-order valence-corrected chi connectivity index (χ3v) is 0.699. The minimum atomic E-state index is 0. The zero-order valence-corrected chi connectivity index (χ0v) is 6.95. The van der Waals surface area contributed by atoms with Gasteiger partial charge in [-0.05, 0) is 11.4 Å². The van der Waals surface area contributed by atoms with E-state index in [1.54, 1.807) is 0 Å². The molecule has 0 unspecified atom stereocenters. The van der Waals surface area contributed by atoms with Crippen molar-refractivity contribution in [2.24, 2.45) is 0 Å². The minimum Gasteiger partial charge on any atom is -1.00 e. The van der Waals surface area contributed by atoms with Gasteiger partial charge in [-0.3, -0.25) is 0 Å². The normalized spacial score (nSPS) is 8.33. The Kier molecular flexibility index (Phi) is 15.7. The zero-order chi connectivity index (χ0) is 4.12. The van der Waals surface area contributed by atoms with Gasteiger partial charge in [-0.2, -0.15) is 0 Å². The maximum atomic E-state index is 3.13.